The highest BCUT2D eigenvalue weighted by Crippen LogP contribution is 2.37. The number of amides is 1. The lowest BCUT2D eigenvalue weighted by atomic mass is 9.94. The van der Waals surface area contributed by atoms with Crippen molar-refractivity contribution in [1.82, 2.24) is 14.7 Å². The molecular weight excluding hydrogens is 420 g/mol. The van der Waals surface area contributed by atoms with Gasteiger partial charge in [0.05, 0.1) is 17.8 Å². The molecule has 2 atom stereocenters. The number of nitriles is 1. The molecular formula is C25H32N4O4. The van der Waals surface area contributed by atoms with Gasteiger partial charge in [-0.2, -0.15) is 10.4 Å². The van der Waals surface area contributed by atoms with Crippen molar-refractivity contribution in [3.63, 3.8) is 0 Å². The molecule has 0 saturated carbocycles. The topological polar surface area (TPSA) is 89.6 Å². The molecule has 1 amide bonds. The molecule has 2 aliphatic heterocycles. The average Bonchev–Trinajstić information content (AvgIpc) is 3.23. The van der Waals surface area contributed by atoms with E-state index in [1.807, 2.05) is 31.6 Å². The van der Waals surface area contributed by atoms with Gasteiger partial charge in [0.2, 0.25) is 0 Å². The lowest BCUT2D eigenvalue weighted by Crippen LogP contribution is -2.42. The summed E-state index contributed by atoms with van der Waals surface area (Å²) in [5.74, 6) is 1.33. The number of carbonyl (C=O) groups is 1. The third kappa shape index (κ3) is 5.85. The molecule has 176 valence electrons. The molecule has 2 fully saturated rings. The molecule has 3 heterocycles. The molecule has 0 N–H and O–H groups in total. The molecule has 2 aromatic rings. The SMILES string of the molecule is CC(C)(C)OC(=O)N1CCCC(c2nn(C3CCCCO3)cc2Oc2ccc(C#N)cc2)C1. The van der Waals surface area contributed by atoms with Gasteiger partial charge in [0.25, 0.3) is 0 Å². The van der Waals surface area contributed by atoms with Crippen molar-refractivity contribution in [3.05, 3.63) is 41.7 Å². The van der Waals surface area contributed by atoms with Crippen LogP contribution in [-0.2, 0) is 9.47 Å². The van der Waals surface area contributed by atoms with E-state index in [-0.39, 0.29) is 18.2 Å². The van der Waals surface area contributed by atoms with Crippen LogP contribution in [0.5, 0.6) is 11.5 Å². The number of nitrogens with zero attached hydrogens (tertiary/aromatic N) is 4. The summed E-state index contributed by atoms with van der Waals surface area (Å²) in [5, 5.41) is 14.0. The highest BCUT2D eigenvalue weighted by molar-refractivity contribution is 5.68. The Hall–Kier alpha value is -3.05. The maximum atomic E-state index is 12.7. The minimum Gasteiger partial charge on any atom is -0.454 e. The fraction of sp³-hybridized carbons (Fsp3) is 0.560. The number of likely N-dealkylation sites (tertiary alicyclic amines) is 1. The number of benzene rings is 1. The third-order valence-corrected chi connectivity index (χ3v) is 5.85. The second-order valence-electron chi connectivity index (χ2n) is 9.68. The fourth-order valence-electron chi connectivity index (χ4n) is 4.25. The molecule has 2 saturated heterocycles. The number of carbonyl (C=O) groups excluding carboxylic acids is 1. The summed E-state index contributed by atoms with van der Waals surface area (Å²) < 4.78 is 19.6. The van der Waals surface area contributed by atoms with E-state index < -0.39 is 5.60 Å². The second kappa shape index (κ2) is 9.84. The predicted molar refractivity (Wildman–Crippen MR) is 122 cm³/mol. The summed E-state index contributed by atoms with van der Waals surface area (Å²) in [5.41, 5.74) is 0.865. The number of hydrogen-bond acceptors (Lipinski definition) is 6. The zero-order chi connectivity index (χ0) is 23.4. The number of piperidine rings is 1. The first kappa shape index (κ1) is 23.1. The first-order valence-electron chi connectivity index (χ1n) is 11.7. The van der Waals surface area contributed by atoms with Crippen LogP contribution < -0.4 is 4.74 Å². The van der Waals surface area contributed by atoms with Gasteiger partial charge in [-0.1, -0.05) is 0 Å². The normalized spacial score (nSPS) is 21.3. The van der Waals surface area contributed by atoms with Crippen LogP contribution in [-0.4, -0.2) is 46.1 Å². The first-order chi connectivity index (χ1) is 15.8. The van der Waals surface area contributed by atoms with E-state index in [1.165, 1.54) is 0 Å². The number of aromatic nitrogens is 2. The summed E-state index contributed by atoms with van der Waals surface area (Å²) in [6, 6.07) is 9.15. The molecule has 0 aliphatic carbocycles. The largest absolute Gasteiger partial charge is 0.454 e. The number of ether oxygens (including phenoxy) is 3. The lowest BCUT2D eigenvalue weighted by molar-refractivity contribution is -0.0399. The van der Waals surface area contributed by atoms with Crippen LogP contribution in [0.2, 0.25) is 0 Å². The molecule has 33 heavy (non-hydrogen) atoms. The van der Waals surface area contributed by atoms with Gasteiger partial charge in [0.15, 0.2) is 5.75 Å². The Morgan fingerprint density at radius 2 is 1.97 bits per heavy atom. The third-order valence-electron chi connectivity index (χ3n) is 5.85. The van der Waals surface area contributed by atoms with E-state index in [2.05, 4.69) is 6.07 Å². The Kier molecular flexibility index (Phi) is 6.89. The van der Waals surface area contributed by atoms with Crippen LogP contribution in [0.1, 0.15) is 76.3 Å². The molecule has 1 aromatic heterocycles. The van der Waals surface area contributed by atoms with Crippen LogP contribution in [0.15, 0.2) is 30.5 Å². The van der Waals surface area contributed by atoms with Gasteiger partial charge in [-0.25, -0.2) is 9.48 Å². The molecule has 4 rings (SSSR count). The van der Waals surface area contributed by atoms with E-state index in [1.54, 1.807) is 29.2 Å². The number of hydrogen-bond donors (Lipinski definition) is 0. The smallest absolute Gasteiger partial charge is 0.410 e. The lowest BCUT2D eigenvalue weighted by Gasteiger charge is -2.33. The van der Waals surface area contributed by atoms with E-state index in [0.717, 1.165) is 44.4 Å². The maximum absolute atomic E-state index is 12.7. The predicted octanol–water partition coefficient (Wildman–Crippen LogP) is 5.36. The standard InChI is InChI=1S/C25H32N4O4/c1-25(2,3)33-24(30)28-13-6-7-19(16-28)23-21(32-20-11-9-18(15-26)10-12-20)17-29(27-23)22-8-4-5-14-31-22/h9-12,17,19,22H,4-8,13-14,16H2,1-3H3. The first-order valence-corrected chi connectivity index (χ1v) is 11.7. The van der Waals surface area contributed by atoms with Crippen molar-refractivity contribution in [3.8, 4) is 17.6 Å². The monoisotopic (exact) mass is 452 g/mol. The van der Waals surface area contributed by atoms with Crippen LogP contribution in [0, 0.1) is 11.3 Å². The molecule has 1 aromatic carbocycles. The van der Waals surface area contributed by atoms with Gasteiger partial charge in [0.1, 0.15) is 23.3 Å². The zero-order valence-corrected chi connectivity index (χ0v) is 19.6. The minimum atomic E-state index is -0.534. The summed E-state index contributed by atoms with van der Waals surface area (Å²) in [4.78, 5) is 14.4. The van der Waals surface area contributed by atoms with E-state index >= 15 is 0 Å². The fourth-order valence-corrected chi connectivity index (χ4v) is 4.25. The molecule has 0 spiro atoms. The summed E-state index contributed by atoms with van der Waals surface area (Å²) in [6.45, 7) is 7.55. The Morgan fingerprint density at radius 1 is 1.18 bits per heavy atom. The van der Waals surface area contributed by atoms with E-state index in [4.69, 9.17) is 24.6 Å². The molecule has 0 radical (unpaired) electrons. The van der Waals surface area contributed by atoms with Gasteiger partial charge < -0.3 is 19.1 Å². The summed E-state index contributed by atoms with van der Waals surface area (Å²) >= 11 is 0. The Bertz CT molecular complexity index is 997. The number of rotatable bonds is 4. The van der Waals surface area contributed by atoms with Gasteiger partial charge in [-0.15, -0.1) is 0 Å². The molecule has 2 unspecified atom stereocenters. The Morgan fingerprint density at radius 3 is 2.64 bits per heavy atom. The van der Waals surface area contributed by atoms with E-state index in [0.29, 0.717) is 30.2 Å². The molecule has 0 bridgehead atoms. The Labute approximate surface area is 195 Å². The minimum absolute atomic E-state index is 0.0319. The van der Waals surface area contributed by atoms with Crippen molar-refractivity contribution < 1.29 is 19.0 Å². The molecule has 8 nitrogen and oxygen atoms in total. The Balaban J connectivity index is 1.58. The van der Waals surface area contributed by atoms with Crippen molar-refractivity contribution in [1.29, 1.82) is 5.26 Å². The van der Waals surface area contributed by atoms with Crippen LogP contribution in [0.4, 0.5) is 4.79 Å². The molecule has 8 heteroatoms. The maximum Gasteiger partial charge on any atom is 0.410 e. The van der Waals surface area contributed by atoms with Crippen LogP contribution >= 0.6 is 0 Å². The van der Waals surface area contributed by atoms with Crippen LogP contribution in [0.3, 0.4) is 0 Å². The van der Waals surface area contributed by atoms with Crippen molar-refractivity contribution in [2.24, 2.45) is 0 Å². The van der Waals surface area contributed by atoms with Crippen LogP contribution in [0.25, 0.3) is 0 Å². The quantitative estimate of drug-likeness (QED) is 0.620. The molecule has 2 aliphatic rings. The highest BCUT2D eigenvalue weighted by Gasteiger charge is 2.32. The van der Waals surface area contributed by atoms with Crippen molar-refractivity contribution in [2.45, 2.75) is 70.6 Å². The van der Waals surface area contributed by atoms with Crippen molar-refractivity contribution >= 4 is 6.09 Å². The summed E-state index contributed by atoms with van der Waals surface area (Å²) in [6.07, 6.45) is 6.34. The van der Waals surface area contributed by atoms with E-state index in [9.17, 15) is 4.79 Å². The van der Waals surface area contributed by atoms with Crippen molar-refractivity contribution in [2.75, 3.05) is 19.7 Å². The van der Waals surface area contributed by atoms with Gasteiger partial charge >= 0.3 is 6.09 Å². The zero-order valence-electron chi connectivity index (χ0n) is 19.6. The second-order valence-corrected chi connectivity index (χ2v) is 9.68. The summed E-state index contributed by atoms with van der Waals surface area (Å²) in [7, 11) is 0. The average molecular weight is 453 g/mol. The highest BCUT2D eigenvalue weighted by atomic mass is 16.6. The van der Waals surface area contributed by atoms with Gasteiger partial charge in [-0.05, 0) is 77.1 Å². The van der Waals surface area contributed by atoms with Gasteiger partial charge in [0, 0.05) is 25.6 Å². The van der Waals surface area contributed by atoms with Gasteiger partial charge in [-0.3, -0.25) is 0 Å².